The molecule has 4 aromatic carbocycles. The number of hydrogen-bond acceptors (Lipinski definition) is 9. The summed E-state index contributed by atoms with van der Waals surface area (Å²) in [6, 6.07) is 20.8. The first-order valence-corrected chi connectivity index (χ1v) is 24.8. The molecule has 4 aromatic rings. The molecule has 0 spiro atoms. The molecule has 2 N–H and O–H groups in total. The van der Waals surface area contributed by atoms with Crippen LogP contribution in [0.15, 0.2) is 94.7 Å². The van der Waals surface area contributed by atoms with Crippen LogP contribution in [0.3, 0.4) is 0 Å². The van der Waals surface area contributed by atoms with E-state index in [0.717, 1.165) is 43.2 Å². The molecule has 0 bridgehead atoms. The number of phenols is 1. The summed E-state index contributed by atoms with van der Waals surface area (Å²) in [5.41, 5.74) is 1.69. The third-order valence-corrected chi connectivity index (χ3v) is 12.1. The van der Waals surface area contributed by atoms with Gasteiger partial charge in [0.15, 0.2) is 0 Å². The Morgan fingerprint density at radius 1 is 0.475 bits per heavy atom. The molecule has 4 rings (SSSR count). The van der Waals surface area contributed by atoms with Gasteiger partial charge in [0, 0.05) is 6.07 Å². The summed E-state index contributed by atoms with van der Waals surface area (Å²) < 4.78 is 75.3. The first-order valence-electron chi connectivity index (χ1n) is 21.9. The first kappa shape index (κ1) is 54.3. The van der Waals surface area contributed by atoms with Gasteiger partial charge in [-0.05, 0) is 98.0 Å². The van der Waals surface area contributed by atoms with Crippen molar-refractivity contribution in [1.82, 2.24) is 0 Å². The molecule has 0 saturated carbocycles. The number of phenolic OH excluding ortho intramolecular Hbond substituents is 1. The molecule has 0 heterocycles. The number of hydrogen-bond donors (Lipinski definition) is 2. The number of unbranched alkanes of at least 4 members (excludes halogenated alkanes) is 18. The Kier molecular flexibility index (Phi) is 27.0. The van der Waals surface area contributed by atoms with E-state index in [2.05, 4.69) is 13.8 Å². The summed E-state index contributed by atoms with van der Waals surface area (Å²) in [6.07, 6.45) is 27.1. The second-order valence-electron chi connectivity index (χ2n) is 15.5. The predicted molar refractivity (Wildman–Crippen MR) is 242 cm³/mol. The van der Waals surface area contributed by atoms with Gasteiger partial charge in [-0.25, -0.2) is 8.42 Å². The Balaban J connectivity index is 0.000000413. The molecule has 0 amide bonds. The molecular formula is C48H66CaO10S2. The van der Waals surface area contributed by atoms with Crippen molar-refractivity contribution in [3.63, 3.8) is 0 Å². The smallest absolute Gasteiger partial charge is 0.872 e. The van der Waals surface area contributed by atoms with E-state index in [-0.39, 0.29) is 59.0 Å². The van der Waals surface area contributed by atoms with E-state index < -0.39 is 20.2 Å². The van der Waals surface area contributed by atoms with Crippen LogP contribution in [0, 0.1) is 0 Å². The molecule has 0 saturated heterocycles. The van der Waals surface area contributed by atoms with E-state index in [1.807, 2.05) is 6.07 Å². The zero-order chi connectivity index (χ0) is 43.6. The number of ether oxygens (including phenoxy) is 2. The molecule has 0 unspecified atom stereocenters. The third kappa shape index (κ3) is 22.9. The summed E-state index contributed by atoms with van der Waals surface area (Å²) in [5.74, 6) is 1.80. The molecule has 0 fully saturated rings. The van der Waals surface area contributed by atoms with Crippen LogP contribution in [0.5, 0.6) is 34.5 Å². The zero-order valence-corrected chi connectivity index (χ0v) is 40.2. The monoisotopic (exact) mass is 906 g/mol. The van der Waals surface area contributed by atoms with E-state index in [4.69, 9.17) is 14.0 Å². The maximum Gasteiger partial charge on any atom is 2.00 e. The van der Waals surface area contributed by atoms with Crippen LogP contribution in [0.1, 0.15) is 153 Å². The van der Waals surface area contributed by atoms with Gasteiger partial charge in [0.1, 0.15) is 38.9 Å². The summed E-state index contributed by atoms with van der Waals surface area (Å²) in [5, 5.41) is 22.6. The molecular weight excluding hydrogens is 841 g/mol. The van der Waals surface area contributed by atoms with Crippen LogP contribution in [0.2, 0.25) is 0 Å². The normalized spacial score (nSPS) is 11.3. The molecule has 61 heavy (non-hydrogen) atoms. The molecule has 0 aromatic heterocycles. The van der Waals surface area contributed by atoms with Gasteiger partial charge in [-0.15, -0.1) is 5.75 Å². The summed E-state index contributed by atoms with van der Waals surface area (Å²) >= 11 is 0. The van der Waals surface area contributed by atoms with E-state index >= 15 is 0 Å². The molecule has 0 aliphatic heterocycles. The van der Waals surface area contributed by atoms with Crippen molar-refractivity contribution in [3.05, 3.63) is 96.1 Å². The van der Waals surface area contributed by atoms with E-state index in [9.17, 15) is 31.6 Å². The van der Waals surface area contributed by atoms with Crippen LogP contribution in [0.25, 0.3) is 0 Å². The number of benzene rings is 4. The topological polar surface area (TPSA) is 173 Å². The second kappa shape index (κ2) is 30.3. The predicted octanol–water partition coefficient (Wildman–Crippen LogP) is 12.4. The summed E-state index contributed by atoms with van der Waals surface area (Å²) in [7, 11) is -8.70. The molecule has 0 radical (unpaired) electrons. The largest absolute Gasteiger partial charge is 2.00 e. The fraction of sp³-hybridized carbons (Fsp3) is 0.500. The van der Waals surface area contributed by atoms with E-state index in [0.29, 0.717) is 23.0 Å². The second-order valence-corrected chi connectivity index (χ2v) is 18.3. The van der Waals surface area contributed by atoms with E-state index in [1.54, 1.807) is 24.3 Å². The van der Waals surface area contributed by atoms with Crippen LogP contribution in [0.4, 0.5) is 0 Å². The van der Waals surface area contributed by atoms with Crippen LogP contribution in [-0.2, 0) is 33.1 Å². The van der Waals surface area contributed by atoms with Crippen LogP contribution >= 0.6 is 0 Å². The van der Waals surface area contributed by atoms with Gasteiger partial charge < -0.3 is 24.2 Å². The average Bonchev–Trinajstić information content (AvgIpc) is 3.21. The standard InChI is InChI=1S/2C24H34O5S.Ca/c2*1-2-3-4-5-6-7-8-9-10-11-12-20-13-14-22(19-24(20)25)29-21-15-17-23(18-16-21)30(26,27)28;/h2*13-19,25H,2-12H2,1H3,(H,26,27,28);/q;;+2/p-2. The van der Waals surface area contributed by atoms with Gasteiger partial charge in [-0.1, -0.05) is 147 Å². The summed E-state index contributed by atoms with van der Waals surface area (Å²) in [6.45, 7) is 4.48. The zero-order valence-electron chi connectivity index (χ0n) is 36.3. The molecule has 10 nitrogen and oxygen atoms in total. The van der Waals surface area contributed by atoms with Crippen molar-refractivity contribution in [2.45, 2.75) is 165 Å². The van der Waals surface area contributed by atoms with Crippen molar-refractivity contribution in [2.24, 2.45) is 0 Å². The Hall–Kier alpha value is -2.84. The first-order chi connectivity index (χ1) is 28.8. The van der Waals surface area contributed by atoms with Gasteiger partial charge >= 0.3 is 37.7 Å². The Bertz CT molecular complexity index is 1870. The maximum atomic E-state index is 12.3. The number of aryl methyl sites for hydroxylation is 2. The van der Waals surface area contributed by atoms with Gasteiger partial charge in [0.2, 0.25) is 0 Å². The number of aromatic hydroxyl groups is 1. The maximum absolute atomic E-state index is 12.3. The fourth-order valence-electron chi connectivity index (χ4n) is 6.86. The Labute approximate surface area is 396 Å². The van der Waals surface area contributed by atoms with Crippen molar-refractivity contribution < 1.29 is 45.6 Å². The van der Waals surface area contributed by atoms with Crippen molar-refractivity contribution >= 4 is 58.0 Å². The molecule has 332 valence electrons. The molecule has 0 atom stereocenters. The van der Waals surface area contributed by atoms with Crippen LogP contribution < -0.4 is 14.6 Å². The minimum atomic E-state index is -4.48. The van der Waals surface area contributed by atoms with Gasteiger partial charge in [0.25, 0.3) is 10.1 Å². The molecule has 0 aliphatic rings. The van der Waals surface area contributed by atoms with Crippen molar-refractivity contribution in [3.8, 4) is 34.5 Å². The van der Waals surface area contributed by atoms with Gasteiger partial charge in [-0.2, -0.15) is 8.42 Å². The average molecular weight is 907 g/mol. The summed E-state index contributed by atoms with van der Waals surface area (Å²) in [4.78, 5) is -0.504. The fourth-order valence-corrected chi connectivity index (χ4v) is 7.80. The Morgan fingerprint density at radius 3 is 1.20 bits per heavy atom. The molecule has 13 heteroatoms. The van der Waals surface area contributed by atoms with Crippen LogP contribution in [-0.4, -0.2) is 68.8 Å². The van der Waals surface area contributed by atoms with Gasteiger partial charge in [-0.3, -0.25) is 4.55 Å². The minimum absolute atomic E-state index is 0. The van der Waals surface area contributed by atoms with E-state index in [1.165, 1.54) is 164 Å². The van der Waals surface area contributed by atoms with Gasteiger partial charge in [0.05, 0.1) is 9.79 Å². The third-order valence-electron chi connectivity index (χ3n) is 10.4. The SMILES string of the molecule is CCCCCCCCCCCCc1ccc(Oc2ccc(S(=O)(=O)O)cc2)cc1O.CCCCCCCCCCCCc1ccc(Oc2ccc(S(=O)(=O)[O-])cc2)cc1[O-].[Ca+2]. The van der Waals surface area contributed by atoms with Crippen molar-refractivity contribution in [2.75, 3.05) is 0 Å². The quantitative estimate of drug-likeness (QED) is 0.0317. The minimum Gasteiger partial charge on any atom is -0.872 e. The number of rotatable bonds is 28. The molecule has 0 aliphatic carbocycles. The van der Waals surface area contributed by atoms with Crippen molar-refractivity contribution in [1.29, 1.82) is 0 Å². The Morgan fingerprint density at radius 2 is 0.820 bits per heavy atom.